The zero-order chi connectivity index (χ0) is 36.1. The summed E-state index contributed by atoms with van der Waals surface area (Å²) < 4.78 is 18.3. The molecular weight excluding hydrogens is 650 g/mol. The summed E-state index contributed by atoms with van der Waals surface area (Å²) in [5.41, 5.74) is -0.0386. The van der Waals surface area contributed by atoms with Crippen LogP contribution < -0.4 is 10.2 Å². The molecular formula is C40H45N3O8. The standard InChI is InChI=1S/C40H45N3O8/c1-4-6-16-32(45)41-30(25-49-3)35(27-13-8-7-9-14-27)50-39(48)33-31-19-20-40(51-31)34(33)37(46)43(22-23-44)36(40)38(47)42(21-5-2)29-18-17-26-12-10-11-15-28(26)24-29/h4-5,7-15,17-18,24,30-31,33-36,44H,1-2,6,16,19-23,25H2,3H3,(H,41,45)/t30-,31+,33-,34-,35-,36+,40-/m1/s1. The van der Waals surface area contributed by atoms with Crippen molar-refractivity contribution in [2.24, 2.45) is 11.8 Å². The third kappa shape index (κ3) is 6.81. The summed E-state index contributed by atoms with van der Waals surface area (Å²) in [7, 11) is 1.50. The summed E-state index contributed by atoms with van der Waals surface area (Å²) >= 11 is 0. The Morgan fingerprint density at radius 2 is 1.82 bits per heavy atom. The fourth-order valence-electron chi connectivity index (χ4n) is 8.12. The molecule has 3 aliphatic rings. The van der Waals surface area contributed by atoms with Gasteiger partial charge in [0.05, 0.1) is 37.2 Å². The maximum Gasteiger partial charge on any atom is 0.313 e. The van der Waals surface area contributed by atoms with Gasteiger partial charge in [-0.1, -0.05) is 72.8 Å². The molecule has 3 fully saturated rings. The number of methoxy groups -OCH3 is 1. The smallest absolute Gasteiger partial charge is 0.313 e. The summed E-state index contributed by atoms with van der Waals surface area (Å²) in [5, 5.41) is 15.0. The van der Waals surface area contributed by atoms with Crippen LogP contribution in [0.3, 0.4) is 0 Å². The Morgan fingerprint density at radius 1 is 1.08 bits per heavy atom. The molecule has 3 amide bonds. The van der Waals surface area contributed by atoms with E-state index in [4.69, 9.17) is 14.2 Å². The first-order valence-corrected chi connectivity index (χ1v) is 17.4. The van der Waals surface area contributed by atoms with Crippen LogP contribution in [0, 0.1) is 11.8 Å². The highest BCUT2D eigenvalue weighted by Crippen LogP contribution is 2.59. The number of fused-ring (bicyclic) bond motifs is 2. The summed E-state index contributed by atoms with van der Waals surface area (Å²) in [6.45, 7) is 7.30. The highest BCUT2D eigenvalue weighted by Gasteiger charge is 2.75. The number of anilines is 1. The molecule has 51 heavy (non-hydrogen) atoms. The average Bonchev–Trinajstić information content (AvgIpc) is 3.79. The van der Waals surface area contributed by atoms with Gasteiger partial charge in [-0.15, -0.1) is 13.2 Å². The number of hydrogen-bond acceptors (Lipinski definition) is 8. The van der Waals surface area contributed by atoms with Crippen molar-refractivity contribution in [2.75, 3.05) is 38.3 Å². The number of esters is 1. The molecule has 3 saturated heterocycles. The van der Waals surface area contributed by atoms with Crippen LogP contribution in [0.5, 0.6) is 0 Å². The monoisotopic (exact) mass is 695 g/mol. The molecule has 0 unspecified atom stereocenters. The Kier molecular flexibility index (Phi) is 11.0. The molecule has 3 aromatic carbocycles. The van der Waals surface area contributed by atoms with Gasteiger partial charge >= 0.3 is 5.97 Å². The molecule has 0 saturated carbocycles. The van der Waals surface area contributed by atoms with Crippen molar-refractivity contribution in [2.45, 2.75) is 55.6 Å². The molecule has 2 N–H and O–H groups in total. The van der Waals surface area contributed by atoms with Crippen molar-refractivity contribution in [1.82, 2.24) is 10.2 Å². The first-order valence-electron chi connectivity index (χ1n) is 17.4. The number of aliphatic hydroxyl groups is 1. The Bertz CT molecular complexity index is 1780. The maximum atomic E-state index is 14.8. The third-order valence-electron chi connectivity index (χ3n) is 10.3. The van der Waals surface area contributed by atoms with Gasteiger partial charge < -0.3 is 34.4 Å². The number of nitrogens with zero attached hydrogens (tertiary/aromatic N) is 2. The number of β-amino-alcohol motifs (C(OH)–C–C–N with tert-alkyl or cyclic N) is 1. The number of ether oxygens (including phenoxy) is 3. The number of allylic oxidation sites excluding steroid dienone is 1. The predicted molar refractivity (Wildman–Crippen MR) is 191 cm³/mol. The highest BCUT2D eigenvalue weighted by molar-refractivity contribution is 6.05. The van der Waals surface area contributed by atoms with E-state index in [0.29, 0.717) is 30.5 Å². The minimum absolute atomic E-state index is 0.0539. The highest BCUT2D eigenvalue weighted by atomic mass is 16.6. The van der Waals surface area contributed by atoms with Gasteiger partial charge in [0, 0.05) is 32.3 Å². The van der Waals surface area contributed by atoms with E-state index in [1.807, 2.05) is 60.7 Å². The molecule has 6 rings (SSSR count). The van der Waals surface area contributed by atoms with Crippen LogP contribution >= 0.6 is 0 Å². The number of carbonyl (C=O) groups excluding carboxylic acids is 4. The van der Waals surface area contributed by atoms with Crippen LogP contribution in [-0.4, -0.2) is 90.9 Å². The van der Waals surface area contributed by atoms with Crippen LogP contribution in [-0.2, 0) is 33.4 Å². The largest absolute Gasteiger partial charge is 0.455 e. The summed E-state index contributed by atoms with van der Waals surface area (Å²) in [4.78, 5) is 59.3. The number of aliphatic hydroxyl groups excluding tert-OH is 1. The van der Waals surface area contributed by atoms with E-state index < -0.39 is 53.6 Å². The molecule has 268 valence electrons. The van der Waals surface area contributed by atoms with Gasteiger partial charge in [0.15, 0.2) is 0 Å². The molecule has 2 bridgehead atoms. The fraction of sp³-hybridized carbons (Fsp3) is 0.400. The van der Waals surface area contributed by atoms with Crippen molar-refractivity contribution < 1.29 is 38.5 Å². The third-order valence-corrected chi connectivity index (χ3v) is 10.3. The molecule has 3 aromatic rings. The zero-order valence-corrected chi connectivity index (χ0v) is 28.8. The second-order valence-electron chi connectivity index (χ2n) is 13.3. The number of hydrogen-bond donors (Lipinski definition) is 2. The Balaban J connectivity index is 1.32. The minimum atomic E-state index is -1.30. The quantitative estimate of drug-likeness (QED) is 0.169. The minimum Gasteiger partial charge on any atom is -0.455 e. The molecule has 1 spiro atoms. The van der Waals surface area contributed by atoms with Crippen molar-refractivity contribution in [3.63, 3.8) is 0 Å². The molecule has 3 heterocycles. The Hall–Kier alpha value is -4.84. The number of amides is 3. The van der Waals surface area contributed by atoms with Crippen molar-refractivity contribution in [3.05, 3.63) is 104 Å². The van der Waals surface area contributed by atoms with Gasteiger partial charge in [0.1, 0.15) is 17.7 Å². The van der Waals surface area contributed by atoms with Gasteiger partial charge in [-0.2, -0.15) is 0 Å². The lowest BCUT2D eigenvalue weighted by molar-refractivity contribution is -0.163. The lowest BCUT2D eigenvalue weighted by Crippen LogP contribution is -2.56. The van der Waals surface area contributed by atoms with E-state index in [1.165, 1.54) is 12.0 Å². The van der Waals surface area contributed by atoms with Gasteiger partial charge in [0.25, 0.3) is 5.91 Å². The van der Waals surface area contributed by atoms with E-state index in [0.717, 1.165) is 10.8 Å². The van der Waals surface area contributed by atoms with Gasteiger partial charge in [-0.3, -0.25) is 19.2 Å². The number of likely N-dealkylation sites (tertiary alicyclic amines) is 1. The van der Waals surface area contributed by atoms with Crippen LogP contribution in [0.1, 0.15) is 37.4 Å². The molecule has 3 aliphatic heterocycles. The SMILES string of the molecule is C=CCCC(=O)N[C@H](COC)[C@H](OC(=O)[C@@H]1[C@@H]2CC[C@]3(O2)[C@H](C(=O)N(CC=C)c2ccc4ccccc4c2)N(CCO)C(=O)[C@@H]13)c1ccccc1. The number of rotatable bonds is 16. The number of nitrogens with one attached hydrogen (secondary N) is 1. The van der Waals surface area contributed by atoms with E-state index in [9.17, 15) is 24.3 Å². The summed E-state index contributed by atoms with van der Waals surface area (Å²) in [5.74, 6) is -3.75. The average molecular weight is 696 g/mol. The van der Waals surface area contributed by atoms with Crippen LogP contribution in [0.15, 0.2) is 98.1 Å². The van der Waals surface area contributed by atoms with E-state index in [2.05, 4.69) is 18.5 Å². The van der Waals surface area contributed by atoms with Crippen LogP contribution in [0.2, 0.25) is 0 Å². The summed E-state index contributed by atoms with van der Waals surface area (Å²) in [6, 6.07) is 20.8. The molecule has 11 heteroatoms. The fourth-order valence-corrected chi connectivity index (χ4v) is 8.12. The second kappa shape index (κ2) is 15.6. The predicted octanol–water partition coefficient (Wildman–Crippen LogP) is 4.11. The van der Waals surface area contributed by atoms with Crippen molar-refractivity contribution in [3.8, 4) is 0 Å². The van der Waals surface area contributed by atoms with Crippen LogP contribution in [0.25, 0.3) is 10.8 Å². The number of benzene rings is 3. The van der Waals surface area contributed by atoms with Gasteiger partial charge in [0.2, 0.25) is 11.8 Å². The normalized spacial score (nSPS) is 24.5. The van der Waals surface area contributed by atoms with Gasteiger partial charge in [-0.05, 0) is 47.7 Å². The molecule has 7 atom stereocenters. The van der Waals surface area contributed by atoms with Crippen molar-refractivity contribution in [1.29, 1.82) is 0 Å². The topological polar surface area (TPSA) is 135 Å². The lowest BCUT2D eigenvalue weighted by atomic mass is 9.70. The Labute approximate surface area is 297 Å². The first kappa shape index (κ1) is 36.0. The van der Waals surface area contributed by atoms with E-state index >= 15 is 0 Å². The molecule has 0 aliphatic carbocycles. The molecule has 0 aromatic heterocycles. The van der Waals surface area contributed by atoms with Crippen LogP contribution in [0.4, 0.5) is 5.69 Å². The second-order valence-corrected chi connectivity index (χ2v) is 13.3. The zero-order valence-electron chi connectivity index (χ0n) is 28.8. The van der Waals surface area contributed by atoms with E-state index in [-0.39, 0.29) is 44.5 Å². The lowest BCUT2D eigenvalue weighted by Gasteiger charge is -2.36. The van der Waals surface area contributed by atoms with E-state index in [1.54, 1.807) is 29.2 Å². The Morgan fingerprint density at radius 3 is 2.53 bits per heavy atom. The molecule has 11 nitrogen and oxygen atoms in total. The molecule has 0 radical (unpaired) electrons. The van der Waals surface area contributed by atoms with Gasteiger partial charge in [-0.25, -0.2) is 0 Å². The number of carbonyl (C=O) groups is 4. The summed E-state index contributed by atoms with van der Waals surface area (Å²) in [6.07, 6.45) is 3.17. The maximum absolute atomic E-state index is 14.8. The first-order chi connectivity index (χ1) is 24.8. The van der Waals surface area contributed by atoms with Crippen molar-refractivity contribution >= 4 is 40.2 Å².